The van der Waals surface area contributed by atoms with Crippen LogP contribution in [0.25, 0.3) is 0 Å². The van der Waals surface area contributed by atoms with Crippen LogP contribution in [0.5, 0.6) is 0 Å². The van der Waals surface area contributed by atoms with Crippen LogP contribution in [-0.2, 0) is 22.5 Å². The molecule has 2 aromatic rings. The fraction of sp³-hybridized carbons (Fsp3) is 0.200. The predicted molar refractivity (Wildman–Crippen MR) is 78.5 cm³/mol. The molecule has 0 radical (unpaired) electrons. The number of hydrogen-bond acceptors (Lipinski definition) is 5. The molecule has 21 heavy (non-hydrogen) atoms. The molecular weight excluding hydrogens is 291 g/mol. The zero-order chi connectivity index (χ0) is 15.2. The highest BCUT2D eigenvalue weighted by atomic mass is 32.1. The van der Waals surface area contributed by atoms with Gasteiger partial charge in [-0.05, 0) is 30.3 Å². The molecule has 0 amide bonds. The monoisotopic (exact) mass is 304 g/mol. The maximum atomic E-state index is 13.2. The molecular formula is C15H13FN2O2S. The van der Waals surface area contributed by atoms with Crippen LogP contribution in [0.3, 0.4) is 0 Å². The van der Waals surface area contributed by atoms with Gasteiger partial charge < -0.3 is 10.1 Å². The van der Waals surface area contributed by atoms with E-state index in [1.165, 1.54) is 30.6 Å². The molecule has 2 rings (SSSR count). The first-order chi connectivity index (χ1) is 10.1. The lowest BCUT2D eigenvalue weighted by molar-refractivity contribution is -0.139. The Morgan fingerprint density at radius 1 is 1.38 bits per heavy atom. The Hall–Kier alpha value is -2.39. The van der Waals surface area contributed by atoms with E-state index in [-0.39, 0.29) is 18.0 Å². The summed E-state index contributed by atoms with van der Waals surface area (Å²) in [6.45, 7) is 0.544. The van der Waals surface area contributed by atoms with E-state index in [4.69, 9.17) is 5.26 Å². The Morgan fingerprint density at radius 2 is 2.14 bits per heavy atom. The largest absolute Gasteiger partial charge is 0.469 e. The van der Waals surface area contributed by atoms with Crippen LogP contribution in [0.15, 0.2) is 30.3 Å². The van der Waals surface area contributed by atoms with Gasteiger partial charge in [0.25, 0.3) is 0 Å². The Kier molecular flexibility index (Phi) is 4.90. The van der Waals surface area contributed by atoms with Crippen molar-refractivity contribution >= 4 is 23.0 Å². The van der Waals surface area contributed by atoms with Gasteiger partial charge >= 0.3 is 5.97 Å². The number of thiophene rings is 1. The lowest BCUT2D eigenvalue weighted by atomic mass is 10.2. The summed E-state index contributed by atoms with van der Waals surface area (Å²) in [5.41, 5.74) is 0.688. The van der Waals surface area contributed by atoms with Crippen molar-refractivity contribution in [2.75, 3.05) is 12.4 Å². The van der Waals surface area contributed by atoms with Gasteiger partial charge in [-0.15, -0.1) is 11.3 Å². The van der Waals surface area contributed by atoms with Crippen LogP contribution in [0.1, 0.15) is 15.3 Å². The number of halogens is 1. The molecule has 1 aromatic carbocycles. The number of anilines is 1. The number of methoxy groups -OCH3 is 1. The highest BCUT2D eigenvalue weighted by molar-refractivity contribution is 7.12. The third-order valence-corrected chi connectivity index (χ3v) is 3.90. The van der Waals surface area contributed by atoms with Crippen LogP contribution in [-0.4, -0.2) is 13.1 Å². The van der Waals surface area contributed by atoms with Gasteiger partial charge in [0.1, 0.15) is 11.9 Å². The molecule has 0 saturated carbocycles. The van der Waals surface area contributed by atoms with Gasteiger partial charge in [0.2, 0.25) is 0 Å². The van der Waals surface area contributed by atoms with Gasteiger partial charge in [-0.3, -0.25) is 4.79 Å². The van der Waals surface area contributed by atoms with Gasteiger partial charge in [0, 0.05) is 22.0 Å². The van der Waals surface area contributed by atoms with Crippen molar-refractivity contribution in [1.82, 2.24) is 0 Å². The molecule has 4 nitrogen and oxygen atoms in total. The molecule has 108 valence electrons. The van der Waals surface area contributed by atoms with Crippen molar-refractivity contribution in [3.63, 3.8) is 0 Å². The second-order valence-corrected chi connectivity index (χ2v) is 5.53. The van der Waals surface area contributed by atoms with Crippen LogP contribution in [0.2, 0.25) is 0 Å². The number of nitrogens with zero attached hydrogens (tertiary/aromatic N) is 1. The summed E-state index contributed by atoms with van der Waals surface area (Å²) in [7, 11) is 1.36. The average molecular weight is 304 g/mol. The highest BCUT2D eigenvalue weighted by Gasteiger charge is 2.07. The van der Waals surface area contributed by atoms with Gasteiger partial charge in [0.05, 0.1) is 19.1 Å². The second kappa shape index (κ2) is 6.86. The summed E-state index contributed by atoms with van der Waals surface area (Å²) in [6.07, 6.45) is 0.260. The first-order valence-electron chi connectivity index (χ1n) is 6.20. The van der Waals surface area contributed by atoms with E-state index in [1.54, 1.807) is 12.1 Å². The van der Waals surface area contributed by atoms with Crippen molar-refractivity contribution in [3.8, 4) is 6.07 Å². The maximum Gasteiger partial charge on any atom is 0.310 e. The second-order valence-electron chi connectivity index (χ2n) is 4.28. The number of nitrogens with one attached hydrogen (secondary N) is 1. The molecule has 0 unspecified atom stereocenters. The van der Waals surface area contributed by atoms with E-state index in [1.807, 2.05) is 12.1 Å². The minimum absolute atomic E-state index is 0.0116. The summed E-state index contributed by atoms with van der Waals surface area (Å²) < 4.78 is 17.8. The van der Waals surface area contributed by atoms with E-state index in [0.717, 1.165) is 9.75 Å². The Labute approximate surface area is 125 Å². The standard InChI is InChI=1S/C15H13FN2O2S/c1-20-15(19)7-12-3-4-13(21-12)9-18-11-2-5-14(16)10(6-11)8-17/h2-6,18H,7,9H2,1H3. The van der Waals surface area contributed by atoms with Crippen LogP contribution < -0.4 is 5.32 Å². The van der Waals surface area contributed by atoms with Gasteiger partial charge in [-0.1, -0.05) is 0 Å². The quantitative estimate of drug-likeness (QED) is 0.862. The lowest BCUT2D eigenvalue weighted by Gasteiger charge is -2.05. The van der Waals surface area contributed by atoms with E-state index in [2.05, 4.69) is 10.1 Å². The number of esters is 1. The molecule has 1 aromatic heterocycles. The van der Waals surface area contributed by atoms with Crippen molar-refractivity contribution in [2.24, 2.45) is 0 Å². The SMILES string of the molecule is COC(=O)Cc1ccc(CNc2ccc(F)c(C#N)c2)s1. The van der Waals surface area contributed by atoms with Crippen molar-refractivity contribution in [1.29, 1.82) is 5.26 Å². The first kappa shape index (κ1) is 15.0. The van der Waals surface area contributed by atoms with Gasteiger partial charge in [0.15, 0.2) is 0 Å². The van der Waals surface area contributed by atoms with E-state index >= 15 is 0 Å². The molecule has 0 fully saturated rings. The third kappa shape index (κ3) is 4.04. The zero-order valence-electron chi connectivity index (χ0n) is 11.4. The highest BCUT2D eigenvalue weighted by Crippen LogP contribution is 2.20. The number of hydrogen-bond donors (Lipinski definition) is 1. The summed E-state index contributed by atoms with van der Waals surface area (Å²) >= 11 is 1.51. The minimum atomic E-state index is -0.528. The smallest absolute Gasteiger partial charge is 0.310 e. The molecule has 0 aliphatic rings. The fourth-order valence-electron chi connectivity index (χ4n) is 1.74. The van der Waals surface area contributed by atoms with E-state index in [0.29, 0.717) is 12.2 Å². The fourth-order valence-corrected chi connectivity index (χ4v) is 2.68. The van der Waals surface area contributed by atoms with Gasteiger partial charge in [-0.25, -0.2) is 4.39 Å². The number of carbonyl (C=O) groups is 1. The minimum Gasteiger partial charge on any atom is -0.469 e. The molecule has 0 aliphatic heterocycles. The summed E-state index contributed by atoms with van der Waals surface area (Å²) in [6, 6.07) is 9.92. The number of nitriles is 1. The normalized spacial score (nSPS) is 9.95. The third-order valence-electron chi connectivity index (χ3n) is 2.82. The van der Waals surface area contributed by atoms with Crippen molar-refractivity contribution < 1.29 is 13.9 Å². The summed E-state index contributed by atoms with van der Waals surface area (Å²) in [5.74, 6) is -0.798. The van der Waals surface area contributed by atoms with Crippen LogP contribution in [0.4, 0.5) is 10.1 Å². The maximum absolute atomic E-state index is 13.2. The van der Waals surface area contributed by atoms with E-state index < -0.39 is 5.82 Å². The molecule has 0 atom stereocenters. The van der Waals surface area contributed by atoms with Crippen molar-refractivity contribution in [2.45, 2.75) is 13.0 Å². The molecule has 6 heteroatoms. The van der Waals surface area contributed by atoms with Crippen molar-refractivity contribution in [3.05, 3.63) is 51.5 Å². The molecule has 0 aliphatic carbocycles. The Bertz CT molecular complexity index is 691. The van der Waals surface area contributed by atoms with E-state index in [9.17, 15) is 9.18 Å². The Morgan fingerprint density at radius 3 is 2.86 bits per heavy atom. The zero-order valence-corrected chi connectivity index (χ0v) is 12.2. The molecule has 1 N–H and O–H groups in total. The van der Waals surface area contributed by atoms with Crippen LogP contribution >= 0.6 is 11.3 Å². The predicted octanol–water partition coefficient (Wildman–Crippen LogP) is 3.09. The molecule has 0 bridgehead atoms. The molecule has 1 heterocycles. The average Bonchev–Trinajstić information content (AvgIpc) is 2.93. The number of ether oxygens (including phenoxy) is 1. The lowest BCUT2D eigenvalue weighted by Crippen LogP contribution is -2.02. The number of carbonyl (C=O) groups excluding carboxylic acids is 1. The molecule has 0 saturated heterocycles. The summed E-state index contributed by atoms with van der Waals surface area (Å²) in [5, 5.41) is 11.9. The van der Waals surface area contributed by atoms with Gasteiger partial charge in [-0.2, -0.15) is 5.26 Å². The Balaban J connectivity index is 1.97. The number of rotatable bonds is 5. The molecule has 0 spiro atoms. The first-order valence-corrected chi connectivity index (χ1v) is 7.02. The van der Waals surface area contributed by atoms with Crippen LogP contribution in [0, 0.1) is 17.1 Å². The summed E-state index contributed by atoms with van der Waals surface area (Å²) in [4.78, 5) is 13.1. The topological polar surface area (TPSA) is 62.1 Å². The number of benzene rings is 1.